The van der Waals surface area contributed by atoms with E-state index in [2.05, 4.69) is 10.2 Å². The van der Waals surface area contributed by atoms with Crippen LogP contribution >= 0.6 is 0 Å². The van der Waals surface area contributed by atoms with Crippen LogP contribution in [0.25, 0.3) is 21.9 Å². The second kappa shape index (κ2) is 5.49. The lowest BCUT2D eigenvalue weighted by Crippen LogP contribution is -2.34. The molecule has 3 aromatic rings. The maximum absolute atomic E-state index is 11.6. The Morgan fingerprint density at radius 3 is 2.52 bits per heavy atom. The lowest BCUT2D eigenvalue weighted by Gasteiger charge is -2.24. The summed E-state index contributed by atoms with van der Waals surface area (Å²) in [6.07, 6.45) is 0. The highest BCUT2D eigenvalue weighted by atomic mass is 16.6. The van der Waals surface area contributed by atoms with Crippen molar-refractivity contribution in [1.82, 2.24) is 4.48 Å². The average molecular weight is 364 g/mol. The predicted octanol–water partition coefficient (Wildman–Crippen LogP) is 4.63. The Hall–Kier alpha value is -3.52. The van der Waals surface area contributed by atoms with Crippen molar-refractivity contribution in [1.29, 1.82) is 0 Å². The quantitative estimate of drug-likeness (QED) is 0.239. The zero-order valence-electron chi connectivity index (χ0n) is 15.1. The van der Waals surface area contributed by atoms with Crippen molar-refractivity contribution in [2.45, 2.75) is 0 Å². The van der Waals surface area contributed by atoms with Crippen LogP contribution in [-0.2, 0) is 0 Å². The number of rotatable bonds is 3. The van der Waals surface area contributed by atoms with Crippen LogP contribution in [0.1, 0.15) is 0 Å². The molecular weight excluding hydrogens is 346 g/mol. The van der Waals surface area contributed by atoms with Crippen molar-refractivity contribution < 1.29 is 10.0 Å². The smallest absolute Gasteiger partial charge is 0.279 e. The number of hydrogen-bond acceptors (Lipinski definition) is 6. The largest absolute Gasteiger partial charge is 0.507 e. The lowest BCUT2D eigenvalue weighted by atomic mass is 9.93. The number of nitro groups is 1. The molecule has 2 bridgehead atoms. The molecule has 0 fully saturated rings. The molecule has 0 saturated heterocycles. The fraction of sp³-hybridized carbons (Fsp3) is 0.158. The van der Waals surface area contributed by atoms with Crippen molar-refractivity contribution in [3.05, 3.63) is 46.5 Å². The molecule has 0 unspecified atom stereocenters. The van der Waals surface area contributed by atoms with Gasteiger partial charge >= 0.3 is 0 Å². The van der Waals surface area contributed by atoms with E-state index in [0.29, 0.717) is 21.1 Å². The summed E-state index contributed by atoms with van der Waals surface area (Å²) in [5.74, 6) is -0.0613. The van der Waals surface area contributed by atoms with Gasteiger partial charge in [0.25, 0.3) is 5.69 Å². The van der Waals surface area contributed by atoms with Gasteiger partial charge in [-0.1, -0.05) is 6.07 Å². The highest BCUT2D eigenvalue weighted by Gasteiger charge is 2.32. The number of anilines is 1. The Morgan fingerprint density at radius 1 is 1.11 bits per heavy atom. The lowest BCUT2D eigenvalue weighted by molar-refractivity contribution is -0.384. The van der Waals surface area contributed by atoms with Crippen LogP contribution < -0.4 is 10.2 Å². The number of fused-ring (bicyclic) bond motifs is 4. The van der Waals surface area contributed by atoms with Crippen LogP contribution in [0.3, 0.4) is 0 Å². The maximum Gasteiger partial charge on any atom is 0.279 e. The number of phenols is 1. The third-order valence-corrected chi connectivity index (χ3v) is 4.63. The Labute approximate surface area is 154 Å². The first kappa shape index (κ1) is 16.9. The molecule has 1 aliphatic rings. The van der Waals surface area contributed by atoms with Gasteiger partial charge < -0.3 is 10.8 Å². The molecule has 27 heavy (non-hydrogen) atoms. The third-order valence-electron chi connectivity index (χ3n) is 4.63. The summed E-state index contributed by atoms with van der Waals surface area (Å²) in [5, 5.41) is 32.3. The molecule has 3 aromatic carbocycles. The van der Waals surface area contributed by atoms with E-state index in [1.165, 1.54) is 12.1 Å². The van der Waals surface area contributed by atoms with Gasteiger partial charge in [-0.15, -0.1) is 10.2 Å². The molecule has 0 radical (unpaired) electrons. The summed E-state index contributed by atoms with van der Waals surface area (Å²) in [4.78, 5) is 11.1. The highest BCUT2D eigenvalue weighted by molar-refractivity contribution is 6.13. The first-order chi connectivity index (χ1) is 12.7. The van der Waals surface area contributed by atoms with E-state index in [1.807, 2.05) is 27.2 Å². The predicted molar refractivity (Wildman–Crippen MR) is 106 cm³/mol. The molecule has 4 rings (SSSR count). The van der Waals surface area contributed by atoms with Crippen LogP contribution in [-0.4, -0.2) is 31.2 Å². The third kappa shape index (κ3) is 2.49. The number of hydrogen-bond donors (Lipinski definition) is 2. The monoisotopic (exact) mass is 364 g/mol. The van der Waals surface area contributed by atoms with Gasteiger partial charge in [0.1, 0.15) is 11.4 Å². The minimum Gasteiger partial charge on any atom is -0.507 e. The molecule has 0 atom stereocenters. The second-order valence-electron chi connectivity index (χ2n) is 7.40. The molecule has 3 N–H and O–H groups in total. The van der Waals surface area contributed by atoms with Crippen LogP contribution in [0, 0.1) is 10.1 Å². The normalized spacial score (nSPS) is 12.7. The minimum absolute atomic E-state index is 0.0613. The molecular formula is C19H18N5O3+. The zero-order chi connectivity index (χ0) is 19.5. The van der Waals surface area contributed by atoms with Crippen molar-refractivity contribution in [3.8, 4) is 16.9 Å². The standard InChI is InChI=1S/C19H17N5O3/c1-24(2,3)19-13-8-10-4-7-15(25)17(16(10)18(19)22-21-13)12-6-5-11(20)9-14(12)23(26)27/h4-9H,1-3H3,(H2-,20,21,22,25)/p+1. The summed E-state index contributed by atoms with van der Waals surface area (Å²) in [6, 6.07) is 9.61. The Morgan fingerprint density at radius 2 is 1.85 bits per heavy atom. The van der Waals surface area contributed by atoms with Gasteiger partial charge in [0.2, 0.25) is 0 Å². The van der Waals surface area contributed by atoms with Crippen LogP contribution in [0.2, 0.25) is 0 Å². The van der Waals surface area contributed by atoms with Crippen LogP contribution in [0.5, 0.6) is 5.75 Å². The maximum atomic E-state index is 11.6. The van der Waals surface area contributed by atoms with E-state index >= 15 is 0 Å². The molecule has 8 heteroatoms. The van der Waals surface area contributed by atoms with Crippen molar-refractivity contribution in [2.24, 2.45) is 10.2 Å². The molecule has 8 nitrogen and oxygen atoms in total. The number of phenolic OH excluding ortho intramolecular Hbond substituents is 1. The molecule has 0 saturated carbocycles. The number of azo groups is 1. The van der Waals surface area contributed by atoms with Crippen molar-refractivity contribution >= 4 is 39.2 Å². The second-order valence-corrected chi connectivity index (χ2v) is 7.40. The zero-order valence-corrected chi connectivity index (χ0v) is 15.1. The fourth-order valence-corrected chi connectivity index (χ4v) is 3.56. The van der Waals surface area contributed by atoms with E-state index < -0.39 is 4.92 Å². The Balaban J connectivity index is 2.17. The molecule has 0 spiro atoms. The molecule has 1 aliphatic heterocycles. The first-order valence-electron chi connectivity index (χ1n) is 8.29. The SMILES string of the molecule is C[N+](C)(C)c1c2cc3ccc(O)c(-c4ccc(N)cc4[N+](=O)[O-])c3c1N=N2. The Kier molecular flexibility index (Phi) is 3.44. The minimum atomic E-state index is -0.500. The number of aromatic hydroxyl groups is 1. The number of nitro benzene ring substituents is 1. The summed E-state index contributed by atoms with van der Waals surface area (Å²) in [5.41, 5.74) is 8.76. The van der Waals surface area contributed by atoms with E-state index in [4.69, 9.17) is 5.73 Å². The average Bonchev–Trinajstić information content (AvgIpc) is 2.92. The summed E-state index contributed by atoms with van der Waals surface area (Å²) >= 11 is 0. The Bertz CT molecular complexity index is 1160. The van der Waals surface area contributed by atoms with E-state index in [9.17, 15) is 15.2 Å². The molecule has 1 heterocycles. The summed E-state index contributed by atoms with van der Waals surface area (Å²) in [7, 11) is 6.00. The van der Waals surface area contributed by atoms with Gasteiger partial charge in [-0.25, -0.2) is 0 Å². The van der Waals surface area contributed by atoms with E-state index in [-0.39, 0.29) is 22.7 Å². The van der Waals surface area contributed by atoms with Crippen molar-refractivity contribution in [3.63, 3.8) is 0 Å². The van der Waals surface area contributed by atoms with Gasteiger partial charge in [0.15, 0.2) is 11.4 Å². The van der Waals surface area contributed by atoms with Gasteiger partial charge in [-0.2, -0.15) is 0 Å². The first-order valence-corrected chi connectivity index (χ1v) is 8.29. The van der Waals surface area contributed by atoms with Gasteiger partial charge in [-0.3, -0.25) is 14.6 Å². The number of benzene rings is 3. The van der Waals surface area contributed by atoms with E-state index in [1.54, 1.807) is 18.2 Å². The number of quaternary nitrogens is 1. The number of nitrogen functional groups attached to an aromatic ring is 1. The summed E-state index contributed by atoms with van der Waals surface area (Å²) < 4.78 is 0.479. The summed E-state index contributed by atoms with van der Waals surface area (Å²) in [6.45, 7) is 0. The molecule has 136 valence electrons. The van der Waals surface area contributed by atoms with E-state index in [0.717, 1.165) is 16.8 Å². The molecule has 0 aliphatic carbocycles. The highest BCUT2D eigenvalue weighted by Crippen LogP contribution is 2.54. The number of nitrogens with zero attached hydrogens (tertiary/aromatic N) is 4. The topological polar surface area (TPSA) is 114 Å². The van der Waals surface area contributed by atoms with Crippen LogP contribution in [0.15, 0.2) is 46.6 Å². The molecule has 0 amide bonds. The fourth-order valence-electron chi connectivity index (χ4n) is 3.56. The van der Waals surface area contributed by atoms with Gasteiger partial charge in [-0.05, 0) is 29.7 Å². The van der Waals surface area contributed by atoms with Gasteiger partial charge in [0.05, 0.1) is 31.6 Å². The number of nitrogens with two attached hydrogens (primary N) is 1. The van der Waals surface area contributed by atoms with Crippen molar-refractivity contribution in [2.75, 3.05) is 26.9 Å². The van der Waals surface area contributed by atoms with Gasteiger partial charge in [0, 0.05) is 22.7 Å². The molecule has 0 aromatic heterocycles. The van der Waals surface area contributed by atoms with Crippen LogP contribution in [0.4, 0.5) is 28.4 Å².